The topological polar surface area (TPSA) is 26.0 Å². The van der Waals surface area contributed by atoms with Crippen molar-refractivity contribution in [2.45, 2.75) is 45.1 Å². The summed E-state index contributed by atoms with van der Waals surface area (Å²) in [5.74, 6) is 0.927. The first-order valence-corrected chi connectivity index (χ1v) is 6.09. The highest BCUT2D eigenvalue weighted by molar-refractivity contribution is 5.27. The van der Waals surface area contributed by atoms with Gasteiger partial charge in [0, 0.05) is 6.04 Å². The van der Waals surface area contributed by atoms with Gasteiger partial charge in [-0.3, -0.25) is 0 Å². The molecule has 0 amide bonds. The molecular formula is C14H20FN. The predicted molar refractivity (Wildman–Crippen MR) is 64.9 cm³/mol. The maximum atomic E-state index is 13.5. The van der Waals surface area contributed by atoms with E-state index in [-0.39, 0.29) is 11.9 Å². The molecule has 88 valence electrons. The van der Waals surface area contributed by atoms with Crippen LogP contribution in [0.2, 0.25) is 0 Å². The lowest BCUT2D eigenvalue weighted by Gasteiger charge is -2.33. The smallest absolute Gasteiger partial charge is 0.126 e. The Morgan fingerprint density at radius 1 is 1.31 bits per heavy atom. The number of hydrogen-bond acceptors (Lipinski definition) is 1. The molecule has 1 nitrogen and oxygen atoms in total. The first-order valence-electron chi connectivity index (χ1n) is 6.09. The summed E-state index contributed by atoms with van der Waals surface area (Å²) in [6, 6.07) is 5.74. The molecule has 1 aromatic rings. The molecule has 2 N–H and O–H groups in total. The Kier molecular flexibility index (Phi) is 3.29. The van der Waals surface area contributed by atoms with Gasteiger partial charge < -0.3 is 5.73 Å². The normalized spacial score (nSPS) is 30.4. The molecule has 1 aliphatic rings. The summed E-state index contributed by atoms with van der Waals surface area (Å²) in [5.41, 5.74) is 7.92. The molecule has 2 rings (SSSR count). The van der Waals surface area contributed by atoms with Crippen LogP contribution in [0.5, 0.6) is 0 Å². The second kappa shape index (κ2) is 4.54. The van der Waals surface area contributed by atoms with Gasteiger partial charge in [-0.05, 0) is 55.2 Å². The molecule has 0 heterocycles. The standard InChI is InChI=1S/C14H20FN/c1-9-3-6-14(16)12(7-9)11-5-4-10(2)13(15)8-11/h4-5,8-9,12,14H,3,6-7,16H2,1-2H3. The fourth-order valence-electron chi connectivity index (χ4n) is 2.63. The summed E-state index contributed by atoms with van der Waals surface area (Å²) in [6.07, 6.45) is 3.34. The number of halogens is 1. The molecule has 16 heavy (non-hydrogen) atoms. The highest BCUT2D eigenvalue weighted by Gasteiger charge is 2.27. The maximum Gasteiger partial charge on any atom is 0.126 e. The molecule has 1 aromatic carbocycles. The zero-order chi connectivity index (χ0) is 11.7. The summed E-state index contributed by atoms with van der Waals surface area (Å²) in [4.78, 5) is 0. The second-order valence-electron chi connectivity index (χ2n) is 5.20. The van der Waals surface area contributed by atoms with Crippen molar-refractivity contribution >= 4 is 0 Å². The van der Waals surface area contributed by atoms with Crippen LogP contribution in [0, 0.1) is 18.7 Å². The van der Waals surface area contributed by atoms with Crippen molar-refractivity contribution in [3.8, 4) is 0 Å². The third-order valence-electron chi connectivity index (χ3n) is 3.79. The van der Waals surface area contributed by atoms with Crippen LogP contribution in [-0.2, 0) is 0 Å². The fraction of sp³-hybridized carbons (Fsp3) is 0.571. The molecule has 0 bridgehead atoms. The number of nitrogens with two attached hydrogens (primary N) is 1. The maximum absolute atomic E-state index is 13.5. The molecule has 1 aliphatic carbocycles. The molecule has 0 radical (unpaired) electrons. The molecule has 2 heteroatoms. The molecule has 0 spiro atoms. The molecule has 0 saturated heterocycles. The van der Waals surface area contributed by atoms with E-state index in [1.165, 1.54) is 6.42 Å². The summed E-state index contributed by atoms with van der Waals surface area (Å²) in [6.45, 7) is 4.05. The van der Waals surface area contributed by atoms with Crippen LogP contribution in [0.25, 0.3) is 0 Å². The summed E-state index contributed by atoms with van der Waals surface area (Å²) < 4.78 is 13.5. The Bertz CT molecular complexity index is 375. The number of aryl methyl sites for hydroxylation is 1. The Balaban J connectivity index is 2.24. The zero-order valence-corrected chi connectivity index (χ0v) is 10.0. The quantitative estimate of drug-likeness (QED) is 0.773. The molecular weight excluding hydrogens is 201 g/mol. The van der Waals surface area contributed by atoms with E-state index >= 15 is 0 Å². The molecule has 0 aromatic heterocycles. The lowest BCUT2D eigenvalue weighted by molar-refractivity contribution is 0.306. The lowest BCUT2D eigenvalue weighted by Crippen LogP contribution is -2.34. The van der Waals surface area contributed by atoms with Crippen LogP contribution in [0.15, 0.2) is 18.2 Å². The van der Waals surface area contributed by atoms with E-state index in [4.69, 9.17) is 5.73 Å². The molecule has 3 atom stereocenters. The minimum atomic E-state index is -0.108. The van der Waals surface area contributed by atoms with Crippen LogP contribution in [0.4, 0.5) is 4.39 Å². The highest BCUT2D eigenvalue weighted by atomic mass is 19.1. The summed E-state index contributed by atoms with van der Waals surface area (Å²) in [5, 5.41) is 0. The third kappa shape index (κ3) is 2.27. The van der Waals surface area contributed by atoms with Gasteiger partial charge in [-0.15, -0.1) is 0 Å². The minimum absolute atomic E-state index is 0.108. The van der Waals surface area contributed by atoms with Gasteiger partial charge in [-0.1, -0.05) is 19.1 Å². The minimum Gasteiger partial charge on any atom is -0.327 e. The number of rotatable bonds is 1. The van der Waals surface area contributed by atoms with Crippen LogP contribution in [0.3, 0.4) is 0 Å². The van der Waals surface area contributed by atoms with E-state index in [1.54, 1.807) is 13.0 Å². The molecule has 1 fully saturated rings. The van der Waals surface area contributed by atoms with Gasteiger partial charge in [0.15, 0.2) is 0 Å². The molecule has 1 saturated carbocycles. The van der Waals surface area contributed by atoms with E-state index in [0.29, 0.717) is 17.4 Å². The van der Waals surface area contributed by atoms with Crippen molar-refractivity contribution in [2.24, 2.45) is 11.7 Å². The fourth-order valence-corrected chi connectivity index (χ4v) is 2.63. The summed E-state index contributed by atoms with van der Waals surface area (Å²) >= 11 is 0. The van der Waals surface area contributed by atoms with E-state index < -0.39 is 0 Å². The Hall–Kier alpha value is -0.890. The molecule has 3 unspecified atom stereocenters. The van der Waals surface area contributed by atoms with Gasteiger partial charge in [-0.25, -0.2) is 4.39 Å². The van der Waals surface area contributed by atoms with E-state index in [9.17, 15) is 4.39 Å². The molecule has 0 aliphatic heterocycles. The summed E-state index contributed by atoms with van der Waals surface area (Å²) in [7, 11) is 0. The largest absolute Gasteiger partial charge is 0.327 e. The second-order valence-corrected chi connectivity index (χ2v) is 5.20. The van der Waals surface area contributed by atoms with E-state index in [0.717, 1.165) is 18.4 Å². The SMILES string of the molecule is Cc1ccc(C2CC(C)CCC2N)cc1F. The van der Waals surface area contributed by atoms with Gasteiger partial charge in [0.2, 0.25) is 0 Å². The van der Waals surface area contributed by atoms with Crippen LogP contribution < -0.4 is 5.73 Å². The first-order chi connectivity index (χ1) is 7.58. The zero-order valence-electron chi connectivity index (χ0n) is 10.0. The average Bonchev–Trinajstić information content (AvgIpc) is 2.26. The van der Waals surface area contributed by atoms with E-state index in [1.807, 2.05) is 12.1 Å². The van der Waals surface area contributed by atoms with Crippen molar-refractivity contribution < 1.29 is 4.39 Å². The Labute approximate surface area is 96.9 Å². The highest BCUT2D eigenvalue weighted by Crippen LogP contribution is 2.35. The van der Waals surface area contributed by atoms with Gasteiger partial charge in [0.25, 0.3) is 0 Å². The van der Waals surface area contributed by atoms with Gasteiger partial charge in [-0.2, -0.15) is 0 Å². The van der Waals surface area contributed by atoms with Crippen LogP contribution >= 0.6 is 0 Å². The van der Waals surface area contributed by atoms with Crippen molar-refractivity contribution in [1.29, 1.82) is 0 Å². The first kappa shape index (κ1) is 11.6. The lowest BCUT2D eigenvalue weighted by atomic mass is 9.75. The van der Waals surface area contributed by atoms with Crippen molar-refractivity contribution in [1.82, 2.24) is 0 Å². The van der Waals surface area contributed by atoms with Gasteiger partial charge in [0.1, 0.15) is 5.82 Å². The predicted octanol–water partition coefficient (Wildman–Crippen LogP) is 3.37. The third-order valence-corrected chi connectivity index (χ3v) is 3.79. The van der Waals surface area contributed by atoms with Crippen molar-refractivity contribution in [2.75, 3.05) is 0 Å². The van der Waals surface area contributed by atoms with Gasteiger partial charge in [0.05, 0.1) is 0 Å². The number of benzene rings is 1. The Morgan fingerprint density at radius 2 is 2.06 bits per heavy atom. The monoisotopic (exact) mass is 221 g/mol. The van der Waals surface area contributed by atoms with Gasteiger partial charge >= 0.3 is 0 Å². The average molecular weight is 221 g/mol. The Morgan fingerprint density at radius 3 is 2.75 bits per heavy atom. The van der Waals surface area contributed by atoms with Crippen molar-refractivity contribution in [3.05, 3.63) is 35.1 Å². The van der Waals surface area contributed by atoms with Crippen molar-refractivity contribution in [3.63, 3.8) is 0 Å². The van der Waals surface area contributed by atoms with E-state index in [2.05, 4.69) is 6.92 Å². The van der Waals surface area contributed by atoms with Crippen LogP contribution in [-0.4, -0.2) is 6.04 Å². The van der Waals surface area contributed by atoms with Crippen LogP contribution in [0.1, 0.15) is 43.2 Å². The number of hydrogen-bond donors (Lipinski definition) is 1.